The average molecular weight is 326 g/mol. The van der Waals surface area contributed by atoms with E-state index < -0.39 is 11.8 Å². The van der Waals surface area contributed by atoms with E-state index in [0.717, 1.165) is 0 Å². The maximum atomic E-state index is 13.7. The minimum Gasteiger partial charge on any atom is -0.490 e. The summed E-state index contributed by atoms with van der Waals surface area (Å²) < 4.78 is 25.5. The van der Waals surface area contributed by atoms with Crippen LogP contribution in [0.1, 0.15) is 10.5 Å². The third-order valence-corrected chi connectivity index (χ3v) is 3.23. The van der Waals surface area contributed by atoms with Crippen LogP contribution in [0.15, 0.2) is 66.9 Å². The van der Waals surface area contributed by atoms with Crippen molar-refractivity contribution in [3.05, 3.63) is 78.4 Å². The number of hydrogen-bond acceptors (Lipinski definition) is 4. The number of aromatic nitrogens is 2. The van der Waals surface area contributed by atoms with Gasteiger partial charge in [0, 0.05) is 6.20 Å². The summed E-state index contributed by atoms with van der Waals surface area (Å²) in [6, 6.07) is 16.9. The highest BCUT2D eigenvalue weighted by Crippen LogP contribution is 2.12. The van der Waals surface area contributed by atoms with Crippen LogP contribution in [0, 0.1) is 5.82 Å². The number of para-hydroxylation sites is 2. The van der Waals surface area contributed by atoms with Gasteiger partial charge in [-0.05, 0) is 30.3 Å². The molecule has 0 amide bonds. The van der Waals surface area contributed by atoms with Crippen LogP contribution in [0.2, 0.25) is 0 Å². The van der Waals surface area contributed by atoms with Crippen LogP contribution >= 0.6 is 0 Å². The van der Waals surface area contributed by atoms with Gasteiger partial charge in [-0.1, -0.05) is 30.3 Å². The number of ether oxygens (including phenoxy) is 2. The zero-order valence-electron chi connectivity index (χ0n) is 12.8. The fraction of sp³-hybridized carbons (Fsp3) is 0.111. The molecule has 1 aromatic heterocycles. The summed E-state index contributed by atoms with van der Waals surface area (Å²) >= 11 is 0. The molecule has 0 spiro atoms. The number of nitrogens with zero attached hydrogens (tertiary/aromatic N) is 2. The van der Waals surface area contributed by atoms with E-state index in [1.54, 1.807) is 18.2 Å². The van der Waals surface area contributed by atoms with Crippen molar-refractivity contribution in [1.82, 2.24) is 9.78 Å². The van der Waals surface area contributed by atoms with Crippen LogP contribution in [0.25, 0.3) is 5.69 Å². The van der Waals surface area contributed by atoms with Crippen LogP contribution in [-0.2, 0) is 4.74 Å². The number of esters is 1. The first kappa shape index (κ1) is 15.7. The van der Waals surface area contributed by atoms with Gasteiger partial charge in [0.15, 0.2) is 5.69 Å². The Balaban J connectivity index is 1.54. The monoisotopic (exact) mass is 326 g/mol. The van der Waals surface area contributed by atoms with Gasteiger partial charge in [-0.25, -0.2) is 13.9 Å². The van der Waals surface area contributed by atoms with Gasteiger partial charge in [0.2, 0.25) is 0 Å². The van der Waals surface area contributed by atoms with Crippen LogP contribution in [0.5, 0.6) is 5.75 Å². The largest absolute Gasteiger partial charge is 0.490 e. The molecular formula is C18H15FN2O3. The Bertz CT molecular complexity index is 818. The van der Waals surface area contributed by atoms with Crippen molar-refractivity contribution in [2.24, 2.45) is 0 Å². The summed E-state index contributed by atoms with van der Waals surface area (Å²) in [7, 11) is 0. The van der Waals surface area contributed by atoms with Crippen molar-refractivity contribution in [3.8, 4) is 11.4 Å². The minimum atomic E-state index is -0.582. The van der Waals surface area contributed by atoms with E-state index in [9.17, 15) is 9.18 Å². The van der Waals surface area contributed by atoms with Gasteiger partial charge in [-0.3, -0.25) is 0 Å². The molecule has 0 aliphatic rings. The maximum absolute atomic E-state index is 13.7. The van der Waals surface area contributed by atoms with Crippen LogP contribution in [0.4, 0.5) is 4.39 Å². The molecule has 0 saturated heterocycles. The zero-order valence-corrected chi connectivity index (χ0v) is 12.8. The highest BCUT2D eigenvalue weighted by Gasteiger charge is 2.13. The van der Waals surface area contributed by atoms with Gasteiger partial charge in [-0.2, -0.15) is 5.10 Å². The van der Waals surface area contributed by atoms with Crippen molar-refractivity contribution in [2.45, 2.75) is 0 Å². The Labute approximate surface area is 138 Å². The van der Waals surface area contributed by atoms with Gasteiger partial charge in [0.25, 0.3) is 0 Å². The molecule has 5 nitrogen and oxygen atoms in total. The topological polar surface area (TPSA) is 53.4 Å². The number of carbonyl (C=O) groups is 1. The first-order valence-corrected chi connectivity index (χ1v) is 7.39. The second-order valence-corrected chi connectivity index (χ2v) is 4.89. The minimum absolute atomic E-state index is 0.0975. The lowest BCUT2D eigenvalue weighted by molar-refractivity contribution is 0.0443. The Hall–Kier alpha value is -3.15. The first-order chi connectivity index (χ1) is 11.7. The molecule has 6 heteroatoms. The molecule has 0 unspecified atom stereocenters. The quantitative estimate of drug-likeness (QED) is 0.515. The molecule has 1 heterocycles. The van der Waals surface area contributed by atoms with Crippen molar-refractivity contribution in [2.75, 3.05) is 13.2 Å². The molecule has 0 aliphatic heterocycles. The van der Waals surface area contributed by atoms with Crippen molar-refractivity contribution in [1.29, 1.82) is 0 Å². The van der Waals surface area contributed by atoms with E-state index in [1.807, 2.05) is 30.3 Å². The van der Waals surface area contributed by atoms with Gasteiger partial charge in [-0.15, -0.1) is 0 Å². The highest BCUT2D eigenvalue weighted by atomic mass is 19.1. The fourth-order valence-electron chi connectivity index (χ4n) is 2.09. The number of rotatable bonds is 6. The SMILES string of the molecule is O=C(OCCOc1ccccc1)c1ccn(-c2ccccc2F)n1. The molecule has 2 aromatic carbocycles. The van der Waals surface area contributed by atoms with E-state index in [1.165, 1.54) is 23.0 Å². The van der Waals surface area contributed by atoms with Gasteiger partial charge >= 0.3 is 5.97 Å². The third-order valence-electron chi connectivity index (χ3n) is 3.23. The molecule has 0 atom stereocenters. The molecular weight excluding hydrogens is 311 g/mol. The fourth-order valence-corrected chi connectivity index (χ4v) is 2.09. The Morgan fingerprint density at radius 1 is 1.00 bits per heavy atom. The predicted octanol–water partition coefficient (Wildman–Crippen LogP) is 3.25. The van der Waals surface area contributed by atoms with Gasteiger partial charge < -0.3 is 9.47 Å². The molecule has 0 radical (unpaired) electrons. The lowest BCUT2D eigenvalue weighted by Crippen LogP contribution is -2.13. The molecule has 3 rings (SSSR count). The van der Waals surface area contributed by atoms with Crippen LogP contribution in [0.3, 0.4) is 0 Å². The molecule has 122 valence electrons. The zero-order chi connectivity index (χ0) is 16.8. The normalized spacial score (nSPS) is 10.4. The second-order valence-electron chi connectivity index (χ2n) is 4.89. The predicted molar refractivity (Wildman–Crippen MR) is 85.7 cm³/mol. The molecule has 0 N–H and O–H groups in total. The van der Waals surface area contributed by atoms with Crippen molar-refractivity contribution >= 4 is 5.97 Å². The van der Waals surface area contributed by atoms with Gasteiger partial charge in [0.1, 0.15) is 30.5 Å². The number of benzene rings is 2. The van der Waals surface area contributed by atoms with Gasteiger partial charge in [0.05, 0.1) is 0 Å². The summed E-state index contributed by atoms with van der Waals surface area (Å²) in [4.78, 5) is 11.9. The standard InChI is InChI=1S/C18H15FN2O3/c19-15-8-4-5-9-17(15)21-11-10-16(20-21)18(22)24-13-12-23-14-6-2-1-3-7-14/h1-11H,12-13H2. The molecule has 0 saturated carbocycles. The van der Waals surface area contributed by atoms with E-state index in [4.69, 9.17) is 9.47 Å². The second kappa shape index (κ2) is 7.41. The van der Waals surface area contributed by atoms with Crippen LogP contribution < -0.4 is 4.74 Å². The summed E-state index contributed by atoms with van der Waals surface area (Å²) in [5, 5.41) is 4.04. The van der Waals surface area contributed by atoms with E-state index in [-0.39, 0.29) is 24.6 Å². The summed E-state index contributed by atoms with van der Waals surface area (Å²) in [6.07, 6.45) is 1.51. The van der Waals surface area contributed by atoms with Crippen LogP contribution in [-0.4, -0.2) is 29.0 Å². The highest BCUT2D eigenvalue weighted by molar-refractivity contribution is 5.87. The lowest BCUT2D eigenvalue weighted by Gasteiger charge is -2.06. The molecule has 0 fully saturated rings. The number of halogens is 1. The van der Waals surface area contributed by atoms with Crippen molar-refractivity contribution in [3.63, 3.8) is 0 Å². The molecule has 0 aliphatic carbocycles. The van der Waals surface area contributed by atoms with E-state index in [0.29, 0.717) is 5.75 Å². The summed E-state index contributed by atoms with van der Waals surface area (Å²) in [6.45, 7) is 0.337. The number of carbonyl (C=O) groups excluding carboxylic acids is 1. The molecule has 0 bridgehead atoms. The number of hydrogen-bond donors (Lipinski definition) is 0. The Morgan fingerprint density at radius 3 is 2.54 bits per heavy atom. The average Bonchev–Trinajstić information content (AvgIpc) is 3.10. The molecule has 3 aromatic rings. The summed E-state index contributed by atoms with van der Waals surface area (Å²) in [5.41, 5.74) is 0.377. The maximum Gasteiger partial charge on any atom is 0.358 e. The molecule has 24 heavy (non-hydrogen) atoms. The lowest BCUT2D eigenvalue weighted by atomic mass is 10.3. The van der Waals surface area contributed by atoms with E-state index in [2.05, 4.69) is 5.10 Å². The van der Waals surface area contributed by atoms with E-state index >= 15 is 0 Å². The summed E-state index contributed by atoms with van der Waals surface area (Å²) in [5.74, 6) is -0.295. The Morgan fingerprint density at radius 2 is 1.75 bits per heavy atom. The first-order valence-electron chi connectivity index (χ1n) is 7.39. The Kier molecular flexibility index (Phi) is 4.86. The smallest absolute Gasteiger partial charge is 0.358 e. The van der Waals surface area contributed by atoms with Crippen molar-refractivity contribution < 1.29 is 18.7 Å². The third kappa shape index (κ3) is 3.78.